The largest absolute Gasteiger partial charge is 0.383 e. The number of hydrogen-bond acceptors (Lipinski definition) is 2. The second-order valence-corrected chi connectivity index (χ2v) is 5.60. The van der Waals surface area contributed by atoms with E-state index >= 15 is 0 Å². The number of anilines is 1. The third-order valence-corrected chi connectivity index (χ3v) is 4.01. The summed E-state index contributed by atoms with van der Waals surface area (Å²) < 4.78 is 6.31. The van der Waals surface area contributed by atoms with Crippen molar-refractivity contribution in [3.63, 3.8) is 0 Å². The van der Waals surface area contributed by atoms with E-state index in [2.05, 4.69) is 68.8 Å². The topological polar surface area (TPSA) is 12.5 Å². The smallest absolute Gasteiger partial charge is 0.0637 e. The lowest BCUT2D eigenvalue weighted by Crippen LogP contribution is -2.33. The van der Waals surface area contributed by atoms with Crippen LogP contribution in [0.2, 0.25) is 0 Å². The van der Waals surface area contributed by atoms with Crippen molar-refractivity contribution < 1.29 is 4.74 Å². The Morgan fingerprint density at radius 3 is 2.53 bits per heavy atom. The first-order valence-corrected chi connectivity index (χ1v) is 7.61. The highest BCUT2D eigenvalue weighted by Crippen LogP contribution is 2.26. The summed E-state index contributed by atoms with van der Waals surface area (Å²) in [5.41, 5.74) is 2.50. The number of hydrogen-bond donors (Lipinski definition) is 0. The van der Waals surface area contributed by atoms with E-state index in [0.717, 1.165) is 23.0 Å². The van der Waals surface area contributed by atoms with E-state index in [4.69, 9.17) is 4.74 Å². The maximum atomic E-state index is 5.16. The van der Waals surface area contributed by atoms with E-state index in [1.54, 1.807) is 7.11 Å². The molecule has 96 valence electrons. The molecule has 0 fully saturated rings. The summed E-state index contributed by atoms with van der Waals surface area (Å²) in [6, 6.07) is 6.95. The van der Waals surface area contributed by atoms with Crippen LogP contribution in [0.3, 0.4) is 0 Å². The van der Waals surface area contributed by atoms with E-state index in [0.29, 0.717) is 6.04 Å². The Labute approximate surface area is 121 Å². The summed E-state index contributed by atoms with van der Waals surface area (Å²) in [4.78, 5) is 2.34. The van der Waals surface area contributed by atoms with Gasteiger partial charge >= 0.3 is 0 Å². The van der Waals surface area contributed by atoms with Crippen molar-refractivity contribution in [3.05, 3.63) is 28.2 Å². The minimum atomic E-state index is 0.465. The highest BCUT2D eigenvalue weighted by atomic mass is 79.9. The average Bonchev–Trinajstić information content (AvgIpc) is 2.29. The summed E-state index contributed by atoms with van der Waals surface area (Å²) in [7, 11) is 1.74. The van der Waals surface area contributed by atoms with Crippen LogP contribution in [-0.2, 0) is 10.1 Å². The molecule has 0 unspecified atom stereocenters. The number of nitrogens with zero attached hydrogens (tertiary/aromatic N) is 1. The molecule has 0 saturated carbocycles. The SMILES string of the molecule is COCCN(c1ccc(CBr)c(Br)c1)C(C)C. The van der Waals surface area contributed by atoms with E-state index in [1.165, 1.54) is 11.3 Å². The van der Waals surface area contributed by atoms with Gasteiger partial charge in [-0.15, -0.1) is 0 Å². The summed E-state index contributed by atoms with van der Waals surface area (Å²) in [5, 5.41) is 0.869. The van der Waals surface area contributed by atoms with Crippen molar-refractivity contribution >= 4 is 37.5 Å². The second-order valence-electron chi connectivity index (χ2n) is 4.19. The van der Waals surface area contributed by atoms with Crippen molar-refractivity contribution in [1.29, 1.82) is 0 Å². The zero-order valence-corrected chi connectivity index (χ0v) is 13.7. The van der Waals surface area contributed by atoms with Gasteiger partial charge in [0.1, 0.15) is 0 Å². The van der Waals surface area contributed by atoms with Crippen LogP contribution in [0.4, 0.5) is 5.69 Å². The lowest BCUT2D eigenvalue weighted by atomic mass is 10.2. The Morgan fingerprint density at radius 1 is 1.35 bits per heavy atom. The highest BCUT2D eigenvalue weighted by Gasteiger charge is 2.11. The van der Waals surface area contributed by atoms with Crippen molar-refractivity contribution in [2.24, 2.45) is 0 Å². The summed E-state index contributed by atoms with van der Waals surface area (Å²) >= 11 is 7.08. The van der Waals surface area contributed by atoms with Gasteiger partial charge in [-0.25, -0.2) is 0 Å². The van der Waals surface area contributed by atoms with Crippen LogP contribution in [-0.4, -0.2) is 26.3 Å². The maximum Gasteiger partial charge on any atom is 0.0637 e. The molecule has 0 atom stereocenters. The standard InChI is InChI=1S/C13H19Br2NO/c1-10(2)16(6-7-17-3)12-5-4-11(9-14)13(15)8-12/h4-5,8,10H,6-7,9H2,1-3H3. The average molecular weight is 365 g/mol. The number of halogens is 2. The monoisotopic (exact) mass is 363 g/mol. The van der Waals surface area contributed by atoms with Crippen LogP contribution in [0.15, 0.2) is 22.7 Å². The zero-order valence-electron chi connectivity index (χ0n) is 10.5. The van der Waals surface area contributed by atoms with Gasteiger partial charge in [-0.2, -0.15) is 0 Å². The second kappa shape index (κ2) is 7.39. The number of methoxy groups -OCH3 is 1. The third-order valence-electron chi connectivity index (χ3n) is 2.67. The molecule has 0 saturated heterocycles. The summed E-state index contributed by atoms with van der Waals surface area (Å²) in [6.07, 6.45) is 0. The molecule has 1 aromatic carbocycles. The van der Waals surface area contributed by atoms with Gasteiger partial charge in [0.05, 0.1) is 6.61 Å². The third kappa shape index (κ3) is 4.27. The molecule has 0 aliphatic carbocycles. The van der Waals surface area contributed by atoms with Gasteiger partial charge in [0.25, 0.3) is 0 Å². The van der Waals surface area contributed by atoms with Crippen molar-refractivity contribution in [1.82, 2.24) is 0 Å². The lowest BCUT2D eigenvalue weighted by Gasteiger charge is -2.29. The molecule has 0 bridgehead atoms. The molecular formula is C13H19Br2NO. The van der Waals surface area contributed by atoms with Crippen LogP contribution in [0.5, 0.6) is 0 Å². The van der Waals surface area contributed by atoms with Crippen LogP contribution in [0.1, 0.15) is 19.4 Å². The van der Waals surface area contributed by atoms with E-state index in [9.17, 15) is 0 Å². The fourth-order valence-electron chi connectivity index (χ4n) is 1.70. The fraction of sp³-hybridized carbons (Fsp3) is 0.538. The van der Waals surface area contributed by atoms with Crippen molar-refractivity contribution in [3.8, 4) is 0 Å². The number of ether oxygens (including phenoxy) is 1. The van der Waals surface area contributed by atoms with Crippen LogP contribution >= 0.6 is 31.9 Å². The van der Waals surface area contributed by atoms with E-state index < -0.39 is 0 Å². The maximum absolute atomic E-state index is 5.16. The number of benzene rings is 1. The molecule has 0 aliphatic rings. The van der Waals surface area contributed by atoms with Crippen molar-refractivity contribution in [2.75, 3.05) is 25.2 Å². The molecule has 0 spiro atoms. The van der Waals surface area contributed by atoms with Gasteiger partial charge in [-0.3, -0.25) is 0 Å². The van der Waals surface area contributed by atoms with Gasteiger partial charge in [-0.05, 0) is 31.5 Å². The van der Waals surface area contributed by atoms with Gasteiger partial charge < -0.3 is 9.64 Å². The molecular weight excluding hydrogens is 346 g/mol. The Hall–Kier alpha value is -0.0600. The molecule has 2 nitrogen and oxygen atoms in total. The minimum Gasteiger partial charge on any atom is -0.383 e. The Morgan fingerprint density at radius 2 is 2.06 bits per heavy atom. The molecule has 4 heteroatoms. The van der Waals surface area contributed by atoms with Crippen LogP contribution < -0.4 is 4.90 Å². The molecule has 0 heterocycles. The van der Waals surface area contributed by atoms with Gasteiger partial charge in [0.15, 0.2) is 0 Å². The molecule has 0 amide bonds. The lowest BCUT2D eigenvalue weighted by molar-refractivity contribution is 0.204. The predicted octanol–water partition coefficient (Wildman–Crippen LogP) is 4.21. The zero-order chi connectivity index (χ0) is 12.8. The highest BCUT2D eigenvalue weighted by molar-refractivity contribution is 9.10. The van der Waals surface area contributed by atoms with Crippen LogP contribution in [0.25, 0.3) is 0 Å². The molecule has 0 radical (unpaired) electrons. The molecule has 1 aromatic rings. The first kappa shape index (κ1) is 15.0. The number of rotatable bonds is 6. The normalized spacial score (nSPS) is 10.9. The fourth-order valence-corrected chi connectivity index (χ4v) is 3.07. The molecule has 0 aromatic heterocycles. The quantitative estimate of drug-likeness (QED) is 0.701. The summed E-state index contributed by atoms with van der Waals surface area (Å²) in [6.45, 7) is 6.05. The first-order chi connectivity index (χ1) is 8.10. The Bertz CT molecular complexity index is 355. The predicted molar refractivity (Wildman–Crippen MR) is 81.1 cm³/mol. The minimum absolute atomic E-state index is 0.465. The first-order valence-electron chi connectivity index (χ1n) is 5.70. The van der Waals surface area contributed by atoms with Gasteiger partial charge in [-0.1, -0.05) is 37.9 Å². The molecule has 1 rings (SSSR count). The molecule has 0 aliphatic heterocycles. The molecule has 0 N–H and O–H groups in total. The summed E-state index contributed by atoms with van der Waals surface area (Å²) in [5.74, 6) is 0. The van der Waals surface area contributed by atoms with E-state index in [-0.39, 0.29) is 0 Å². The Balaban J connectivity index is 2.90. The van der Waals surface area contributed by atoms with Gasteiger partial charge in [0.2, 0.25) is 0 Å². The van der Waals surface area contributed by atoms with Crippen molar-refractivity contribution in [2.45, 2.75) is 25.2 Å². The number of alkyl halides is 1. The molecule has 17 heavy (non-hydrogen) atoms. The van der Waals surface area contributed by atoms with Gasteiger partial charge in [0, 0.05) is 35.2 Å². The van der Waals surface area contributed by atoms with Crippen LogP contribution in [0, 0.1) is 0 Å². The Kier molecular flexibility index (Phi) is 6.52. The van der Waals surface area contributed by atoms with E-state index in [1.807, 2.05) is 0 Å².